The third-order valence-electron chi connectivity index (χ3n) is 3.74. The number of amides is 1. The Morgan fingerprint density at radius 2 is 1.93 bits per heavy atom. The molecule has 12 heteroatoms. The fraction of sp³-hybridized carbons (Fsp3) is 0.222. The Morgan fingerprint density at radius 3 is 2.53 bits per heavy atom. The number of hydroxylamine groups is 1. The van der Waals surface area contributed by atoms with Gasteiger partial charge in [-0.2, -0.15) is 18.4 Å². The predicted octanol–water partition coefficient (Wildman–Crippen LogP) is 2.93. The standard InChI is InChI=1S/C18H16F3N3O5S/c1-24(28-2)30(26,27)15-5-3-4-12(9-15)17(25)23-14-6-7-16(13(8-14)10-22)29-11-18(19,20)21/h3-9H,11H2,1-2H3,(H,23,25). The number of hydrogen-bond acceptors (Lipinski definition) is 6. The monoisotopic (exact) mass is 443 g/mol. The minimum atomic E-state index is -4.57. The highest BCUT2D eigenvalue weighted by Crippen LogP contribution is 2.25. The number of rotatable bonds is 7. The number of nitrogens with zero attached hydrogens (tertiary/aromatic N) is 2. The van der Waals surface area contributed by atoms with Gasteiger partial charge in [0.25, 0.3) is 15.9 Å². The predicted molar refractivity (Wildman–Crippen MR) is 99.1 cm³/mol. The number of alkyl halides is 3. The summed E-state index contributed by atoms with van der Waals surface area (Å²) in [6.45, 7) is -1.56. The Kier molecular flexibility index (Phi) is 7.04. The molecular formula is C18H16F3N3O5S. The lowest BCUT2D eigenvalue weighted by Gasteiger charge is -2.15. The van der Waals surface area contributed by atoms with Crippen LogP contribution in [0, 0.1) is 11.3 Å². The van der Waals surface area contributed by atoms with E-state index < -0.39 is 28.7 Å². The fourth-order valence-electron chi connectivity index (χ4n) is 2.23. The lowest BCUT2D eigenvalue weighted by atomic mass is 10.1. The van der Waals surface area contributed by atoms with Crippen LogP contribution in [0.3, 0.4) is 0 Å². The molecule has 2 aromatic carbocycles. The van der Waals surface area contributed by atoms with Crippen LogP contribution in [-0.4, -0.2) is 45.7 Å². The molecule has 0 fully saturated rings. The fourth-order valence-corrected chi connectivity index (χ4v) is 3.25. The van der Waals surface area contributed by atoms with Crippen molar-refractivity contribution in [3.05, 3.63) is 53.6 Å². The number of carbonyl (C=O) groups excluding carboxylic acids is 1. The highest BCUT2D eigenvalue weighted by Gasteiger charge is 2.29. The first-order valence-corrected chi connectivity index (χ1v) is 9.60. The number of halogens is 3. The molecule has 0 aliphatic heterocycles. The summed E-state index contributed by atoms with van der Waals surface area (Å²) in [5.41, 5.74) is -0.107. The summed E-state index contributed by atoms with van der Waals surface area (Å²) >= 11 is 0. The molecule has 2 aromatic rings. The van der Waals surface area contributed by atoms with Crippen molar-refractivity contribution in [1.29, 1.82) is 5.26 Å². The van der Waals surface area contributed by atoms with Crippen LogP contribution in [0.25, 0.3) is 0 Å². The van der Waals surface area contributed by atoms with E-state index >= 15 is 0 Å². The molecule has 0 aliphatic rings. The second-order valence-electron chi connectivity index (χ2n) is 5.81. The number of anilines is 1. The van der Waals surface area contributed by atoms with E-state index in [9.17, 15) is 26.4 Å². The SMILES string of the molecule is CON(C)S(=O)(=O)c1cccc(C(=O)Nc2ccc(OCC(F)(F)F)c(C#N)c2)c1. The van der Waals surface area contributed by atoms with Crippen LogP contribution in [0.1, 0.15) is 15.9 Å². The van der Waals surface area contributed by atoms with E-state index in [1.807, 2.05) is 0 Å². The van der Waals surface area contributed by atoms with Gasteiger partial charge in [-0.25, -0.2) is 8.42 Å². The number of nitriles is 1. The van der Waals surface area contributed by atoms with Crippen molar-refractivity contribution < 1.29 is 36.0 Å². The Balaban J connectivity index is 2.22. The van der Waals surface area contributed by atoms with Crippen molar-refractivity contribution in [2.24, 2.45) is 0 Å². The zero-order chi connectivity index (χ0) is 22.5. The van der Waals surface area contributed by atoms with Crippen molar-refractivity contribution >= 4 is 21.6 Å². The van der Waals surface area contributed by atoms with E-state index in [4.69, 9.17) is 5.26 Å². The average Bonchev–Trinajstić information content (AvgIpc) is 2.71. The molecular weight excluding hydrogens is 427 g/mol. The van der Waals surface area contributed by atoms with Gasteiger partial charge in [0.15, 0.2) is 6.61 Å². The first-order valence-electron chi connectivity index (χ1n) is 8.16. The molecule has 0 radical (unpaired) electrons. The van der Waals surface area contributed by atoms with Crippen LogP contribution in [0.15, 0.2) is 47.4 Å². The molecule has 0 bridgehead atoms. The van der Waals surface area contributed by atoms with E-state index in [2.05, 4.69) is 14.9 Å². The molecule has 2 rings (SSSR count). The molecule has 0 saturated heterocycles. The topological polar surface area (TPSA) is 109 Å². The summed E-state index contributed by atoms with van der Waals surface area (Å²) in [7, 11) is -1.61. The van der Waals surface area contributed by atoms with E-state index in [1.54, 1.807) is 6.07 Å². The van der Waals surface area contributed by atoms with Crippen molar-refractivity contribution in [2.75, 3.05) is 26.1 Å². The molecule has 8 nitrogen and oxygen atoms in total. The van der Waals surface area contributed by atoms with Crippen molar-refractivity contribution in [3.63, 3.8) is 0 Å². The quantitative estimate of drug-likeness (QED) is 0.659. The van der Waals surface area contributed by atoms with Gasteiger partial charge in [0.05, 0.1) is 17.6 Å². The normalized spacial score (nSPS) is 11.8. The number of hydrogen-bond donors (Lipinski definition) is 1. The summed E-state index contributed by atoms with van der Waals surface area (Å²) in [4.78, 5) is 16.9. The Bertz CT molecular complexity index is 1080. The van der Waals surface area contributed by atoms with Crippen LogP contribution >= 0.6 is 0 Å². The number of sulfonamides is 1. The van der Waals surface area contributed by atoms with Gasteiger partial charge in [0.2, 0.25) is 0 Å². The van der Waals surface area contributed by atoms with E-state index in [-0.39, 0.29) is 27.5 Å². The summed E-state index contributed by atoms with van der Waals surface area (Å²) < 4.78 is 66.6. The maximum Gasteiger partial charge on any atom is 0.422 e. The molecule has 30 heavy (non-hydrogen) atoms. The van der Waals surface area contributed by atoms with Crippen LogP contribution in [0.5, 0.6) is 5.75 Å². The number of benzene rings is 2. The van der Waals surface area contributed by atoms with Gasteiger partial charge in [0, 0.05) is 18.3 Å². The third-order valence-corrected chi connectivity index (χ3v) is 5.41. The lowest BCUT2D eigenvalue weighted by molar-refractivity contribution is -0.153. The lowest BCUT2D eigenvalue weighted by Crippen LogP contribution is -2.26. The van der Waals surface area contributed by atoms with Crippen LogP contribution in [-0.2, 0) is 14.9 Å². The maximum atomic E-state index is 12.5. The summed E-state index contributed by atoms with van der Waals surface area (Å²) in [5, 5.41) is 11.6. The minimum Gasteiger partial charge on any atom is -0.483 e. The molecule has 0 aliphatic carbocycles. The van der Waals surface area contributed by atoms with Gasteiger partial charge in [-0.15, -0.1) is 0 Å². The average molecular weight is 443 g/mol. The first-order chi connectivity index (χ1) is 14.0. The van der Waals surface area contributed by atoms with E-state index in [0.29, 0.717) is 4.47 Å². The van der Waals surface area contributed by atoms with Gasteiger partial charge in [-0.1, -0.05) is 10.5 Å². The summed E-state index contributed by atoms with van der Waals surface area (Å²) in [6, 6.07) is 10.3. The highest BCUT2D eigenvalue weighted by atomic mass is 32.2. The zero-order valence-electron chi connectivity index (χ0n) is 15.7. The molecule has 1 amide bonds. The highest BCUT2D eigenvalue weighted by molar-refractivity contribution is 7.89. The van der Waals surface area contributed by atoms with Gasteiger partial charge in [0.1, 0.15) is 11.8 Å². The summed E-state index contributed by atoms with van der Waals surface area (Å²) in [6.07, 6.45) is -4.57. The van der Waals surface area contributed by atoms with Crippen LogP contribution in [0.2, 0.25) is 0 Å². The largest absolute Gasteiger partial charge is 0.483 e. The Labute approximate surface area is 170 Å². The van der Waals surface area contributed by atoms with Crippen LogP contribution < -0.4 is 10.1 Å². The van der Waals surface area contributed by atoms with Gasteiger partial charge in [-0.05, 0) is 36.4 Å². The Hall–Kier alpha value is -3.14. The van der Waals surface area contributed by atoms with Crippen molar-refractivity contribution in [1.82, 2.24) is 4.47 Å². The molecule has 160 valence electrons. The van der Waals surface area contributed by atoms with Crippen molar-refractivity contribution in [3.8, 4) is 11.8 Å². The molecule has 0 heterocycles. The summed E-state index contributed by atoms with van der Waals surface area (Å²) in [5.74, 6) is -0.983. The second kappa shape index (κ2) is 9.12. The number of ether oxygens (including phenoxy) is 1. The maximum absolute atomic E-state index is 12.5. The molecule has 0 atom stereocenters. The Morgan fingerprint density at radius 1 is 1.23 bits per heavy atom. The van der Waals surface area contributed by atoms with Gasteiger partial charge in [-0.3, -0.25) is 9.63 Å². The molecule has 0 aromatic heterocycles. The minimum absolute atomic E-state index is 0.00326. The molecule has 1 N–H and O–H groups in total. The van der Waals surface area contributed by atoms with Crippen molar-refractivity contribution in [2.45, 2.75) is 11.1 Å². The van der Waals surface area contributed by atoms with Gasteiger partial charge < -0.3 is 10.1 Å². The second-order valence-corrected chi connectivity index (χ2v) is 7.74. The molecule has 0 spiro atoms. The zero-order valence-corrected chi connectivity index (χ0v) is 16.5. The van der Waals surface area contributed by atoms with Crippen LogP contribution in [0.4, 0.5) is 18.9 Å². The molecule has 0 saturated carbocycles. The van der Waals surface area contributed by atoms with E-state index in [0.717, 1.165) is 18.2 Å². The number of carbonyl (C=O) groups is 1. The smallest absolute Gasteiger partial charge is 0.422 e. The first kappa shape index (κ1) is 23.1. The third kappa shape index (κ3) is 5.69. The van der Waals surface area contributed by atoms with Gasteiger partial charge >= 0.3 is 6.18 Å². The molecule has 0 unspecified atom stereocenters. The van der Waals surface area contributed by atoms with E-state index in [1.165, 1.54) is 38.4 Å². The number of nitrogens with one attached hydrogen (secondary N) is 1.